The molecule has 0 spiro atoms. The first-order valence-corrected chi connectivity index (χ1v) is 3.65. The van der Waals surface area contributed by atoms with Gasteiger partial charge in [-0.2, -0.15) is 5.10 Å². The van der Waals surface area contributed by atoms with Crippen LogP contribution in [0.1, 0.15) is 0 Å². The predicted octanol–water partition coefficient (Wildman–Crippen LogP) is -0.181. The number of aromatic nitrogens is 4. The highest BCUT2D eigenvalue weighted by Crippen LogP contribution is 2.05. The Morgan fingerprint density at radius 2 is 2.17 bits per heavy atom. The van der Waals surface area contributed by atoms with Crippen molar-refractivity contribution >= 4 is 11.2 Å². The van der Waals surface area contributed by atoms with Crippen LogP contribution in [0.15, 0.2) is 18.6 Å². The van der Waals surface area contributed by atoms with Crippen LogP contribution in [0, 0.1) is 0 Å². The van der Waals surface area contributed by atoms with Crippen LogP contribution in [0.4, 0.5) is 0 Å². The molecule has 0 bridgehead atoms. The molecular weight excluding hydrogens is 156 g/mol. The molecule has 0 unspecified atom stereocenters. The summed E-state index contributed by atoms with van der Waals surface area (Å²) in [6, 6.07) is 0. The van der Waals surface area contributed by atoms with Crippen LogP contribution in [0.3, 0.4) is 0 Å². The minimum absolute atomic E-state index is 0.0629. The molecule has 0 saturated heterocycles. The Morgan fingerprint density at radius 3 is 3.00 bits per heavy atom. The van der Waals surface area contributed by atoms with Gasteiger partial charge in [0.05, 0.1) is 19.3 Å². The molecule has 2 aromatic rings. The molecule has 0 aliphatic heterocycles. The Morgan fingerprint density at radius 1 is 1.33 bits per heavy atom. The fourth-order valence-electron chi connectivity index (χ4n) is 1.07. The second-order valence-electron chi connectivity index (χ2n) is 2.36. The van der Waals surface area contributed by atoms with Crippen molar-refractivity contribution in [1.82, 2.24) is 19.7 Å². The van der Waals surface area contributed by atoms with E-state index in [-0.39, 0.29) is 6.61 Å². The summed E-state index contributed by atoms with van der Waals surface area (Å²) in [5.41, 5.74) is 1.47. The molecular formula is C7H8N4O. The van der Waals surface area contributed by atoms with Crippen molar-refractivity contribution in [2.45, 2.75) is 6.54 Å². The standard InChI is InChI=1S/C7H8N4O/c12-4-3-11-7-6(5-10-11)8-1-2-9-7/h1-2,5,12H,3-4H2. The SMILES string of the molecule is OCCn1ncc2nccnc21. The number of nitrogens with zero attached hydrogens (tertiary/aromatic N) is 4. The molecule has 2 aromatic heterocycles. The Hall–Kier alpha value is -1.49. The van der Waals surface area contributed by atoms with Crippen LogP contribution < -0.4 is 0 Å². The maximum Gasteiger partial charge on any atom is 0.176 e. The van der Waals surface area contributed by atoms with Gasteiger partial charge in [-0.1, -0.05) is 0 Å². The molecule has 0 atom stereocenters. The van der Waals surface area contributed by atoms with E-state index in [0.717, 1.165) is 5.52 Å². The quantitative estimate of drug-likeness (QED) is 0.668. The summed E-state index contributed by atoms with van der Waals surface area (Å²) < 4.78 is 1.63. The lowest BCUT2D eigenvalue weighted by atomic mass is 10.5. The highest BCUT2D eigenvalue weighted by atomic mass is 16.3. The molecule has 0 radical (unpaired) electrons. The van der Waals surface area contributed by atoms with Gasteiger partial charge >= 0.3 is 0 Å². The Balaban J connectivity index is 2.55. The van der Waals surface area contributed by atoms with Crippen molar-refractivity contribution in [1.29, 1.82) is 0 Å². The van der Waals surface area contributed by atoms with Crippen LogP contribution >= 0.6 is 0 Å². The lowest BCUT2D eigenvalue weighted by Crippen LogP contribution is -2.04. The van der Waals surface area contributed by atoms with E-state index in [1.807, 2.05) is 0 Å². The highest BCUT2D eigenvalue weighted by molar-refractivity contribution is 5.68. The summed E-state index contributed by atoms with van der Waals surface area (Å²) in [4.78, 5) is 8.14. The smallest absolute Gasteiger partial charge is 0.176 e. The zero-order chi connectivity index (χ0) is 8.39. The number of rotatable bonds is 2. The van der Waals surface area contributed by atoms with E-state index in [4.69, 9.17) is 5.11 Å². The Bertz CT molecular complexity index is 384. The minimum atomic E-state index is 0.0629. The van der Waals surface area contributed by atoms with Gasteiger partial charge in [0.1, 0.15) is 5.52 Å². The van der Waals surface area contributed by atoms with Gasteiger partial charge in [0.15, 0.2) is 5.65 Å². The molecule has 0 aliphatic carbocycles. The average Bonchev–Trinajstić information content (AvgIpc) is 2.50. The van der Waals surface area contributed by atoms with Crippen molar-refractivity contribution < 1.29 is 5.11 Å². The van der Waals surface area contributed by atoms with Crippen molar-refractivity contribution in [3.05, 3.63) is 18.6 Å². The number of hydrogen-bond acceptors (Lipinski definition) is 4. The molecule has 2 rings (SSSR count). The first-order valence-electron chi connectivity index (χ1n) is 3.65. The van der Waals surface area contributed by atoms with E-state index in [0.29, 0.717) is 12.2 Å². The molecule has 12 heavy (non-hydrogen) atoms. The summed E-state index contributed by atoms with van der Waals surface area (Å²) in [6.45, 7) is 0.523. The van der Waals surface area contributed by atoms with Crippen LogP contribution in [0.5, 0.6) is 0 Å². The van der Waals surface area contributed by atoms with Crippen molar-refractivity contribution in [3.8, 4) is 0 Å². The maximum atomic E-state index is 8.69. The van der Waals surface area contributed by atoms with Crippen molar-refractivity contribution in [2.24, 2.45) is 0 Å². The summed E-state index contributed by atoms with van der Waals surface area (Å²) >= 11 is 0. The van der Waals surface area contributed by atoms with E-state index < -0.39 is 0 Å². The first-order chi connectivity index (χ1) is 5.92. The molecule has 1 N–H and O–H groups in total. The first kappa shape index (κ1) is 7.17. The van der Waals surface area contributed by atoms with E-state index in [1.54, 1.807) is 23.3 Å². The lowest BCUT2D eigenvalue weighted by Gasteiger charge is -1.96. The van der Waals surface area contributed by atoms with E-state index in [2.05, 4.69) is 15.1 Å². The van der Waals surface area contributed by atoms with Gasteiger partial charge in [0, 0.05) is 12.4 Å². The van der Waals surface area contributed by atoms with Crippen LogP contribution in [0.25, 0.3) is 11.2 Å². The zero-order valence-electron chi connectivity index (χ0n) is 6.38. The minimum Gasteiger partial charge on any atom is -0.394 e. The summed E-state index contributed by atoms with van der Waals surface area (Å²) in [7, 11) is 0. The topological polar surface area (TPSA) is 63.8 Å². The Labute approximate surface area is 68.7 Å². The molecule has 0 aliphatic rings. The van der Waals surface area contributed by atoms with Gasteiger partial charge in [-0.25, -0.2) is 14.6 Å². The number of aliphatic hydroxyl groups is 1. The highest BCUT2D eigenvalue weighted by Gasteiger charge is 2.01. The summed E-state index contributed by atoms with van der Waals surface area (Å²) in [5, 5.41) is 12.7. The zero-order valence-corrected chi connectivity index (χ0v) is 6.38. The van der Waals surface area contributed by atoms with Gasteiger partial charge in [0.25, 0.3) is 0 Å². The van der Waals surface area contributed by atoms with Crippen LogP contribution in [-0.2, 0) is 6.54 Å². The molecule has 0 fully saturated rings. The molecule has 62 valence electrons. The third kappa shape index (κ3) is 1.04. The number of hydrogen-bond donors (Lipinski definition) is 1. The molecule has 2 heterocycles. The fraction of sp³-hybridized carbons (Fsp3) is 0.286. The van der Waals surface area contributed by atoms with Gasteiger partial charge in [0.2, 0.25) is 0 Å². The molecule has 5 heteroatoms. The van der Waals surface area contributed by atoms with E-state index in [9.17, 15) is 0 Å². The second kappa shape index (κ2) is 2.86. The second-order valence-corrected chi connectivity index (χ2v) is 2.36. The van der Waals surface area contributed by atoms with Crippen molar-refractivity contribution in [3.63, 3.8) is 0 Å². The predicted molar refractivity (Wildman–Crippen MR) is 42.4 cm³/mol. The molecule has 5 nitrogen and oxygen atoms in total. The summed E-state index contributed by atoms with van der Waals surface area (Å²) in [6.07, 6.45) is 4.86. The van der Waals surface area contributed by atoms with Gasteiger partial charge in [-0.3, -0.25) is 0 Å². The molecule has 0 amide bonds. The van der Waals surface area contributed by atoms with Gasteiger partial charge in [-0.15, -0.1) is 0 Å². The normalized spacial score (nSPS) is 10.8. The largest absolute Gasteiger partial charge is 0.394 e. The molecule has 0 aromatic carbocycles. The fourth-order valence-corrected chi connectivity index (χ4v) is 1.07. The van der Waals surface area contributed by atoms with E-state index >= 15 is 0 Å². The third-order valence-electron chi connectivity index (χ3n) is 1.58. The average molecular weight is 164 g/mol. The number of aliphatic hydroxyl groups excluding tert-OH is 1. The van der Waals surface area contributed by atoms with Crippen molar-refractivity contribution in [2.75, 3.05) is 6.61 Å². The van der Waals surface area contributed by atoms with Crippen LogP contribution in [-0.4, -0.2) is 31.5 Å². The Kier molecular flexibility index (Phi) is 1.71. The van der Waals surface area contributed by atoms with Crippen LogP contribution in [0.2, 0.25) is 0 Å². The van der Waals surface area contributed by atoms with Gasteiger partial charge in [-0.05, 0) is 0 Å². The number of fused-ring (bicyclic) bond motifs is 1. The third-order valence-corrected chi connectivity index (χ3v) is 1.58. The lowest BCUT2D eigenvalue weighted by molar-refractivity contribution is 0.271. The maximum absolute atomic E-state index is 8.69. The monoisotopic (exact) mass is 164 g/mol. The van der Waals surface area contributed by atoms with E-state index in [1.165, 1.54) is 0 Å². The summed E-state index contributed by atoms with van der Waals surface area (Å²) in [5.74, 6) is 0. The molecule has 0 saturated carbocycles. The van der Waals surface area contributed by atoms with Gasteiger partial charge < -0.3 is 5.11 Å².